The maximum atomic E-state index is 15.5. The molecule has 0 aliphatic carbocycles. The van der Waals surface area contributed by atoms with Crippen molar-refractivity contribution in [2.45, 2.75) is 59.2 Å². The zero-order chi connectivity index (χ0) is 38.1. The summed E-state index contributed by atoms with van der Waals surface area (Å²) in [4.78, 5) is 49.7. The van der Waals surface area contributed by atoms with Gasteiger partial charge in [0.1, 0.15) is 0 Å². The molecule has 9 nitrogen and oxygen atoms in total. The Bertz CT molecular complexity index is 2220. The van der Waals surface area contributed by atoms with E-state index in [4.69, 9.17) is 4.74 Å². The number of aromatic nitrogens is 1. The summed E-state index contributed by atoms with van der Waals surface area (Å²) in [6.45, 7) is 11.3. The van der Waals surface area contributed by atoms with Gasteiger partial charge in [-0.3, -0.25) is 19.1 Å². The van der Waals surface area contributed by atoms with Gasteiger partial charge in [0.05, 0.1) is 25.3 Å². The normalized spacial score (nSPS) is 17.0. The number of anilines is 1. The zero-order valence-electron chi connectivity index (χ0n) is 32.0. The molecule has 1 saturated heterocycles. The fourth-order valence-electron chi connectivity index (χ4n) is 8.53. The third-order valence-electron chi connectivity index (χ3n) is 11.8. The topological polar surface area (TPSA) is 87.1 Å². The summed E-state index contributed by atoms with van der Waals surface area (Å²) in [6, 6.07) is 31.6. The number of para-hydroxylation sites is 1. The Morgan fingerprint density at radius 2 is 1.44 bits per heavy atom. The van der Waals surface area contributed by atoms with E-state index in [1.54, 1.807) is 4.57 Å². The third kappa shape index (κ3) is 7.46. The van der Waals surface area contributed by atoms with E-state index in [1.807, 2.05) is 98.5 Å². The molecule has 3 aliphatic rings. The second-order valence-corrected chi connectivity index (χ2v) is 15.2. The summed E-state index contributed by atoms with van der Waals surface area (Å²) in [6.07, 6.45) is 1.74. The van der Waals surface area contributed by atoms with E-state index in [9.17, 15) is 9.59 Å². The zero-order valence-corrected chi connectivity index (χ0v) is 32.0. The predicted octanol–water partition coefficient (Wildman–Crippen LogP) is 7.19. The Labute approximate surface area is 323 Å². The average Bonchev–Trinajstić information content (AvgIpc) is 3.44. The number of hydrogen-bond donors (Lipinski definition) is 1. The number of fused-ring (bicyclic) bond motifs is 2. The second-order valence-electron chi connectivity index (χ2n) is 15.2. The third-order valence-corrected chi connectivity index (χ3v) is 11.8. The van der Waals surface area contributed by atoms with Gasteiger partial charge in [0, 0.05) is 67.8 Å². The predicted molar refractivity (Wildman–Crippen MR) is 215 cm³/mol. The molecule has 5 aromatic rings. The van der Waals surface area contributed by atoms with Crippen molar-refractivity contribution in [3.8, 4) is 11.3 Å². The van der Waals surface area contributed by atoms with Crippen LogP contribution in [0.1, 0.15) is 55.0 Å². The van der Waals surface area contributed by atoms with Gasteiger partial charge in [-0.05, 0) is 96.8 Å². The molecular weight excluding hydrogens is 687 g/mol. The summed E-state index contributed by atoms with van der Waals surface area (Å²) >= 11 is 0. The van der Waals surface area contributed by atoms with Crippen molar-refractivity contribution in [1.29, 1.82) is 0 Å². The number of amides is 3. The molecule has 3 amide bonds. The monoisotopic (exact) mass is 735 g/mol. The maximum absolute atomic E-state index is 15.5. The van der Waals surface area contributed by atoms with E-state index in [1.165, 1.54) is 5.56 Å². The van der Waals surface area contributed by atoms with Crippen LogP contribution in [-0.4, -0.2) is 82.5 Å². The Hall–Kier alpha value is -5.51. The summed E-state index contributed by atoms with van der Waals surface area (Å²) in [7, 11) is 0. The summed E-state index contributed by atoms with van der Waals surface area (Å²) in [5.41, 5.74) is 11.0. The van der Waals surface area contributed by atoms with Crippen molar-refractivity contribution in [1.82, 2.24) is 19.3 Å². The van der Waals surface area contributed by atoms with E-state index in [0.29, 0.717) is 56.9 Å². The first-order chi connectivity index (χ1) is 26.7. The minimum atomic E-state index is -0.277. The van der Waals surface area contributed by atoms with Crippen LogP contribution in [0.3, 0.4) is 0 Å². The lowest BCUT2D eigenvalue weighted by atomic mass is 9.88. The van der Waals surface area contributed by atoms with Crippen molar-refractivity contribution in [2.24, 2.45) is 0 Å². The number of rotatable bonds is 7. The Kier molecular flexibility index (Phi) is 10.4. The number of benzene rings is 4. The van der Waals surface area contributed by atoms with Crippen LogP contribution in [0.15, 0.2) is 97.1 Å². The molecule has 0 unspecified atom stereocenters. The molecule has 4 heterocycles. The first-order valence-electron chi connectivity index (χ1n) is 19.5. The van der Waals surface area contributed by atoms with E-state index < -0.39 is 0 Å². The number of ether oxygens (including phenoxy) is 1. The standard InChI is InChI=1S/C46H49N5O4/c1-31-32(2)44(51(33(31)3)46(54)47-39-16-8-5-9-17-39)41-26-36-18-19-49(43(52)24-34-12-6-4-7-13-34)28-38(36)27-42(41)45(53)50-29-37-15-11-10-14-35(37)25-40(50)30-48-20-22-55-23-21-48/h4-17,26-27,40H,18-25,28-30H2,1-3H3,(H,47,54)/t40-/m0/s1. The molecule has 4 aromatic carbocycles. The minimum absolute atomic E-state index is 0.0499. The summed E-state index contributed by atoms with van der Waals surface area (Å²) in [5.74, 6) is 0.00444. The molecular formula is C46H49N5O4. The average molecular weight is 736 g/mol. The maximum Gasteiger partial charge on any atom is 0.330 e. The minimum Gasteiger partial charge on any atom is -0.379 e. The lowest BCUT2D eigenvalue weighted by molar-refractivity contribution is -0.131. The van der Waals surface area contributed by atoms with E-state index >= 15 is 4.79 Å². The SMILES string of the molecule is Cc1c(C)c(-c2cc3c(cc2C(=O)N2Cc4ccccc4C[C@H]2CN2CCOCC2)CN(C(=O)Cc2ccccc2)CC3)n(C(=O)Nc2ccccc2)c1C. The van der Waals surface area contributed by atoms with Crippen LogP contribution < -0.4 is 5.32 Å². The van der Waals surface area contributed by atoms with Crippen LogP contribution in [0.2, 0.25) is 0 Å². The van der Waals surface area contributed by atoms with Crippen LogP contribution in [0, 0.1) is 20.8 Å². The molecule has 55 heavy (non-hydrogen) atoms. The van der Waals surface area contributed by atoms with Gasteiger partial charge in [0.2, 0.25) is 5.91 Å². The van der Waals surface area contributed by atoms with Crippen molar-refractivity contribution < 1.29 is 19.1 Å². The first kappa shape index (κ1) is 36.5. The number of morpholine rings is 1. The highest BCUT2D eigenvalue weighted by molar-refractivity contribution is 6.04. The van der Waals surface area contributed by atoms with Gasteiger partial charge >= 0.3 is 6.03 Å². The number of nitrogens with zero attached hydrogens (tertiary/aromatic N) is 4. The molecule has 1 fully saturated rings. The largest absolute Gasteiger partial charge is 0.379 e. The fourth-order valence-corrected chi connectivity index (χ4v) is 8.53. The molecule has 3 aliphatic heterocycles. The molecule has 8 rings (SSSR count). The summed E-state index contributed by atoms with van der Waals surface area (Å²) in [5, 5.41) is 3.09. The van der Waals surface area contributed by atoms with Crippen molar-refractivity contribution in [2.75, 3.05) is 44.7 Å². The van der Waals surface area contributed by atoms with Gasteiger partial charge in [0.15, 0.2) is 0 Å². The highest BCUT2D eigenvalue weighted by Gasteiger charge is 2.35. The Balaban J connectivity index is 1.23. The quantitative estimate of drug-likeness (QED) is 0.191. The summed E-state index contributed by atoms with van der Waals surface area (Å²) < 4.78 is 7.41. The highest BCUT2D eigenvalue weighted by atomic mass is 16.5. The number of carbonyl (C=O) groups is 3. The van der Waals surface area contributed by atoms with Crippen molar-refractivity contribution >= 4 is 23.5 Å². The molecule has 0 bridgehead atoms. The van der Waals surface area contributed by atoms with Crippen molar-refractivity contribution in [3.63, 3.8) is 0 Å². The number of hydrogen-bond acceptors (Lipinski definition) is 5. The van der Waals surface area contributed by atoms with Crippen LogP contribution >= 0.6 is 0 Å². The van der Waals surface area contributed by atoms with Gasteiger partial charge in [0.25, 0.3) is 5.91 Å². The van der Waals surface area contributed by atoms with Crippen molar-refractivity contribution in [3.05, 3.63) is 147 Å². The molecule has 1 aromatic heterocycles. The second kappa shape index (κ2) is 15.7. The Morgan fingerprint density at radius 1 is 0.745 bits per heavy atom. The molecule has 282 valence electrons. The van der Waals surface area contributed by atoms with Gasteiger partial charge < -0.3 is 19.9 Å². The molecule has 0 spiro atoms. The van der Waals surface area contributed by atoms with E-state index in [2.05, 4.69) is 39.4 Å². The first-order valence-corrected chi connectivity index (χ1v) is 19.5. The van der Waals surface area contributed by atoms with Gasteiger partial charge in [-0.1, -0.05) is 72.8 Å². The smallest absolute Gasteiger partial charge is 0.330 e. The molecule has 1 N–H and O–H groups in total. The lowest BCUT2D eigenvalue weighted by Gasteiger charge is -2.41. The van der Waals surface area contributed by atoms with Crippen LogP contribution in [0.4, 0.5) is 10.5 Å². The van der Waals surface area contributed by atoms with Gasteiger partial charge in [-0.15, -0.1) is 0 Å². The van der Waals surface area contributed by atoms with Crippen LogP contribution in [0.5, 0.6) is 0 Å². The van der Waals surface area contributed by atoms with Gasteiger partial charge in [-0.25, -0.2) is 4.79 Å². The molecule has 1 atom stereocenters. The van der Waals surface area contributed by atoms with Crippen LogP contribution in [-0.2, 0) is 41.9 Å². The highest BCUT2D eigenvalue weighted by Crippen LogP contribution is 2.38. The van der Waals surface area contributed by atoms with Gasteiger partial charge in [-0.2, -0.15) is 0 Å². The van der Waals surface area contributed by atoms with Crippen LogP contribution in [0.25, 0.3) is 11.3 Å². The van der Waals surface area contributed by atoms with E-state index in [0.717, 1.165) is 76.4 Å². The lowest BCUT2D eigenvalue weighted by Crippen LogP contribution is -2.52. The Morgan fingerprint density at radius 3 is 2.18 bits per heavy atom. The molecule has 0 radical (unpaired) electrons. The molecule has 9 heteroatoms. The molecule has 0 saturated carbocycles. The van der Waals surface area contributed by atoms with E-state index in [-0.39, 0.29) is 23.9 Å². The fraction of sp³-hybridized carbons (Fsp3) is 0.326. The number of carbonyl (C=O) groups excluding carboxylic acids is 3. The number of nitrogens with one attached hydrogen (secondary N) is 1.